The van der Waals surface area contributed by atoms with Crippen molar-refractivity contribution in [3.8, 4) is 5.13 Å². The number of hydrogen-bond donors (Lipinski definition) is 2. The highest BCUT2D eigenvalue weighted by atomic mass is 32.2. The molecule has 0 radical (unpaired) electrons. The summed E-state index contributed by atoms with van der Waals surface area (Å²) in [6, 6.07) is 1.26. The molecule has 1 saturated carbocycles. The van der Waals surface area contributed by atoms with Gasteiger partial charge < -0.3 is 10.2 Å². The zero-order chi connectivity index (χ0) is 24.4. The van der Waals surface area contributed by atoms with E-state index < -0.39 is 37.7 Å². The number of sulfonamides is 1. The van der Waals surface area contributed by atoms with Crippen LogP contribution in [0, 0.1) is 5.82 Å². The van der Waals surface area contributed by atoms with E-state index in [9.17, 15) is 17.2 Å². The largest absolute Gasteiger partial charge is 0.365 e. The van der Waals surface area contributed by atoms with E-state index in [1.807, 2.05) is 13.8 Å². The highest BCUT2D eigenvalue weighted by Crippen LogP contribution is 2.40. The fourth-order valence-electron chi connectivity index (χ4n) is 4.34. The molecule has 2 atom stereocenters. The van der Waals surface area contributed by atoms with Gasteiger partial charge in [-0.1, -0.05) is 11.3 Å². The summed E-state index contributed by atoms with van der Waals surface area (Å²) in [7, 11) is -4.21. The van der Waals surface area contributed by atoms with Gasteiger partial charge in [-0.2, -0.15) is 5.10 Å². The van der Waals surface area contributed by atoms with Crippen LogP contribution < -0.4 is 14.9 Å². The van der Waals surface area contributed by atoms with E-state index in [1.54, 1.807) is 11.8 Å². The van der Waals surface area contributed by atoms with E-state index in [4.69, 9.17) is 0 Å². The molecule has 0 unspecified atom stereocenters. The predicted molar refractivity (Wildman–Crippen MR) is 122 cm³/mol. The number of anilines is 1. The highest BCUT2D eigenvalue weighted by Gasteiger charge is 2.42. The fourth-order valence-corrected chi connectivity index (χ4v) is 6.57. The number of aromatic nitrogens is 4. The van der Waals surface area contributed by atoms with Crippen LogP contribution in [0.2, 0.25) is 0 Å². The Balaban J connectivity index is 1.72. The molecule has 2 aromatic heterocycles. The summed E-state index contributed by atoms with van der Waals surface area (Å²) in [6.45, 7) is 6.59. The van der Waals surface area contributed by atoms with Crippen LogP contribution in [0.3, 0.4) is 0 Å². The second-order valence-corrected chi connectivity index (χ2v) is 11.9. The molecule has 1 aromatic carbocycles. The SMILES string of the molecule is C[C@H]1CN(c2c(F)c(S(=O)(=O)NC3(C)CC3)cc3c2cnn3-c2nnc(C(F)F)s2)C[C@H](C)N1. The van der Waals surface area contributed by atoms with Crippen molar-refractivity contribution in [2.24, 2.45) is 0 Å². The molecule has 184 valence electrons. The van der Waals surface area contributed by atoms with Crippen molar-refractivity contribution in [3.63, 3.8) is 0 Å². The van der Waals surface area contributed by atoms with Crippen LogP contribution in [0.1, 0.15) is 45.0 Å². The molecule has 1 aliphatic heterocycles. The number of piperazine rings is 1. The van der Waals surface area contributed by atoms with Crippen LogP contribution in [-0.4, -0.2) is 59.1 Å². The van der Waals surface area contributed by atoms with Crippen LogP contribution in [-0.2, 0) is 10.0 Å². The molecule has 9 nitrogen and oxygen atoms in total. The molecule has 14 heteroatoms. The molecule has 0 bridgehead atoms. The maximum absolute atomic E-state index is 16.0. The maximum Gasteiger partial charge on any atom is 0.291 e. The number of benzene rings is 1. The summed E-state index contributed by atoms with van der Waals surface area (Å²) in [5, 5.41) is 14.8. The Labute approximate surface area is 198 Å². The van der Waals surface area contributed by atoms with E-state index in [0.717, 1.165) is 0 Å². The van der Waals surface area contributed by atoms with Crippen LogP contribution in [0.25, 0.3) is 16.0 Å². The molecule has 0 amide bonds. The molecule has 0 spiro atoms. The van der Waals surface area contributed by atoms with Crippen LogP contribution in [0.4, 0.5) is 18.9 Å². The lowest BCUT2D eigenvalue weighted by molar-refractivity contribution is 0.150. The highest BCUT2D eigenvalue weighted by molar-refractivity contribution is 7.89. The summed E-state index contributed by atoms with van der Waals surface area (Å²) in [6.07, 6.45) is -0.0750. The van der Waals surface area contributed by atoms with Gasteiger partial charge in [0.1, 0.15) is 4.90 Å². The minimum atomic E-state index is -4.21. The zero-order valence-corrected chi connectivity index (χ0v) is 20.4. The Morgan fingerprint density at radius 3 is 2.50 bits per heavy atom. The molecule has 3 aromatic rings. The van der Waals surface area contributed by atoms with Crippen LogP contribution in [0.15, 0.2) is 17.2 Å². The molecule has 2 aliphatic rings. The van der Waals surface area contributed by atoms with E-state index in [-0.39, 0.29) is 28.4 Å². The number of nitrogens with zero attached hydrogens (tertiary/aromatic N) is 5. The summed E-state index contributed by atoms with van der Waals surface area (Å²) in [5.74, 6) is -0.865. The van der Waals surface area contributed by atoms with Crippen molar-refractivity contribution in [3.05, 3.63) is 23.1 Å². The first-order valence-corrected chi connectivity index (χ1v) is 13.1. The van der Waals surface area contributed by atoms with E-state index in [2.05, 4.69) is 25.3 Å². The maximum atomic E-state index is 16.0. The smallest absolute Gasteiger partial charge is 0.291 e. The van der Waals surface area contributed by atoms with Gasteiger partial charge >= 0.3 is 0 Å². The van der Waals surface area contributed by atoms with Crippen molar-refractivity contribution in [2.75, 3.05) is 18.0 Å². The fraction of sp³-hybridized carbons (Fsp3) is 0.550. The lowest BCUT2D eigenvalue weighted by atomic mass is 10.1. The second kappa shape index (κ2) is 8.14. The molecule has 2 fully saturated rings. The lowest BCUT2D eigenvalue weighted by Gasteiger charge is -2.38. The zero-order valence-electron chi connectivity index (χ0n) is 18.7. The number of halogens is 3. The molecule has 34 heavy (non-hydrogen) atoms. The molecule has 3 heterocycles. The Kier molecular flexibility index (Phi) is 5.61. The molecule has 1 aliphatic carbocycles. The standard InChI is InChI=1S/C20H24F3N7O2S2/c1-10-8-29(9-11(2)25-10)16-12-7-24-30(19-27-26-18(33-19)17(22)23)13(12)6-14(15(16)21)34(31,32)28-20(3)4-5-20/h6-7,10-11,17,25,28H,4-5,8-9H2,1-3H3/t10-,11-/m0/s1. The third-order valence-electron chi connectivity index (χ3n) is 6.10. The average molecular weight is 516 g/mol. The Morgan fingerprint density at radius 2 is 1.91 bits per heavy atom. The number of rotatable bonds is 6. The van der Waals surface area contributed by atoms with Crippen molar-refractivity contribution in [1.29, 1.82) is 0 Å². The van der Waals surface area contributed by atoms with Gasteiger partial charge in [-0.05, 0) is 39.7 Å². The Morgan fingerprint density at radius 1 is 1.24 bits per heavy atom. The Hall–Kier alpha value is -2.29. The average Bonchev–Trinajstić information content (AvgIpc) is 3.14. The van der Waals surface area contributed by atoms with Gasteiger partial charge in [-0.15, -0.1) is 10.2 Å². The summed E-state index contributed by atoms with van der Waals surface area (Å²) in [4.78, 5) is 1.29. The van der Waals surface area contributed by atoms with Gasteiger partial charge in [0, 0.05) is 36.1 Å². The second-order valence-electron chi connectivity index (χ2n) is 9.29. The minimum Gasteiger partial charge on any atom is -0.365 e. The number of alkyl halides is 2. The van der Waals surface area contributed by atoms with E-state index in [0.29, 0.717) is 42.7 Å². The predicted octanol–water partition coefficient (Wildman–Crippen LogP) is 2.97. The topological polar surface area (TPSA) is 105 Å². The van der Waals surface area contributed by atoms with Gasteiger partial charge in [0.2, 0.25) is 15.2 Å². The first-order chi connectivity index (χ1) is 16.0. The molecular weight excluding hydrogens is 491 g/mol. The molecular formula is C20H24F3N7O2S2. The van der Waals surface area contributed by atoms with Crippen molar-refractivity contribution in [1.82, 2.24) is 30.0 Å². The molecule has 5 rings (SSSR count). The van der Waals surface area contributed by atoms with Gasteiger partial charge in [-0.25, -0.2) is 31.0 Å². The third-order valence-corrected chi connectivity index (χ3v) is 8.64. The van der Waals surface area contributed by atoms with Crippen molar-refractivity contribution in [2.45, 2.75) is 62.6 Å². The van der Waals surface area contributed by atoms with Gasteiger partial charge in [0.05, 0.1) is 17.4 Å². The normalized spacial score (nSPS) is 22.6. The monoisotopic (exact) mass is 515 g/mol. The first-order valence-electron chi connectivity index (χ1n) is 10.8. The van der Waals surface area contributed by atoms with E-state index >= 15 is 4.39 Å². The number of fused-ring (bicyclic) bond motifs is 1. The van der Waals surface area contributed by atoms with E-state index in [1.165, 1.54) is 16.9 Å². The summed E-state index contributed by atoms with van der Waals surface area (Å²) in [5.41, 5.74) is -0.248. The number of hydrogen-bond acceptors (Lipinski definition) is 8. The lowest BCUT2D eigenvalue weighted by Crippen LogP contribution is -2.54. The molecule has 2 N–H and O–H groups in total. The summed E-state index contributed by atoms with van der Waals surface area (Å²) >= 11 is 0.639. The van der Waals surface area contributed by atoms with Crippen LogP contribution >= 0.6 is 11.3 Å². The first kappa shape index (κ1) is 23.5. The van der Waals surface area contributed by atoms with Crippen molar-refractivity contribution >= 4 is 38.0 Å². The minimum absolute atomic E-state index is 0.0359. The van der Waals surface area contributed by atoms with Gasteiger partial charge in [0.15, 0.2) is 10.8 Å². The summed E-state index contributed by atoms with van der Waals surface area (Å²) < 4.78 is 72.5. The van der Waals surface area contributed by atoms with Crippen molar-refractivity contribution < 1.29 is 21.6 Å². The van der Waals surface area contributed by atoms with Crippen LogP contribution in [0.5, 0.6) is 0 Å². The quantitative estimate of drug-likeness (QED) is 0.520. The molecule has 1 saturated heterocycles. The Bertz CT molecular complexity index is 1340. The third kappa shape index (κ3) is 4.16. The van der Waals surface area contributed by atoms with Gasteiger partial charge in [-0.3, -0.25) is 0 Å². The number of nitrogens with one attached hydrogen (secondary N) is 2. The van der Waals surface area contributed by atoms with Gasteiger partial charge in [0.25, 0.3) is 6.43 Å².